The number of ketones is 1. The molecule has 0 spiro atoms. The molecule has 28 heavy (non-hydrogen) atoms. The zero-order valence-electron chi connectivity index (χ0n) is 17.5. The maximum Gasteiger partial charge on any atom is 0.354 e. The summed E-state index contributed by atoms with van der Waals surface area (Å²) >= 11 is 0. The minimum Gasteiger partial charge on any atom is -0.464 e. The number of nitrogens with one attached hydrogen (secondary N) is 1. The van der Waals surface area contributed by atoms with E-state index in [4.69, 9.17) is 4.74 Å². The molecular weight excluding hydrogens is 356 g/mol. The van der Waals surface area contributed by atoms with Gasteiger partial charge in [0, 0.05) is 23.2 Å². The Bertz CT molecular complexity index is 757. The van der Waals surface area contributed by atoms with Gasteiger partial charge in [0.2, 0.25) is 5.91 Å². The summed E-state index contributed by atoms with van der Waals surface area (Å²) in [5, 5.41) is 0. The van der Waals surface area contributed by atoms with Crippen molar-refractivity contribution in [3.8, 4) is 0 Å². The van der Waals surface area contributed by atoms with Gasteiger partial charge < -0.3 is 14.6 Å². The standard InChI is InChI=1S/C22H32N2O4/c1-13-18(14(2)23-19(13)22(27)28-4)20(25)15(3)24(17-11-6-5-7-12-17)21(26)16-9-8-10-16/h15-17,23H,5-12H2,1-4H3/t15-/m1/s1. The first kappa shape index (κ1) is 20.6. The highest BCUT2D eigenvalue weighted by molar-refractivity contribution is 6.06. The number of aromatic nitrogens is 1. The van der Waals surface area contributed by atoms with E-state index in [9.17, 15) is 14.4 Å². The van der Waals surface area contributed by atoms with Crippen molar-refractivity contribution in [2.45, 2.75) is 84.2 Å². The number of rotatable bonds is 6. The highest BCUT2D eigenvalue weighted by atomic mass is 16.5. The van der Waals surface area contributed by atoms with Crippen LogP contribution >= 0.6 is 0 Å². The summed E-state index contributed by atoms with van der Waals surface area (Å²) in [6, 6.07) is -0.393. The number of amides is 1. The number of nitrogens with zero attached hydrogens (tertiary/aromatic N) is 1. The van der Waals surface area contributed by atoms with E-state index in [2.05, 4.69) is 4.98 Å². The molecular formula is C22H32N2O4. The molecule has 0 aliphatic heterocycles. The van der Waals surface area contributed by atoms with Crippen LogP contribution in [0.4, 0.5) is 0 Å². The van der Waals surface area contributed by atoms with Gasteiger partial charge in [-0.3, -0.25) is 9.59 Å². The summed E-state index contributed by atoms with van der Waals surface area (Å²) in [7, 11) is 1.32. The quantitative estimate of drug-likeness (QED) is 0.591. The second kappa shape index (κ2) is 8.50. The molecule has 0 bridgehead atoms. The lowest BCUT2D eigenvalue weighted by molar-refractivity contribution is -0.142. The zero-order valence-corrected chi connectivity index (χ0v) is 17.5. The van der Waals surface area contributed by atoms with E-state index in [1.54, 1.807) is 13.8 Å². The summed E-state index contributed by atoms with van der Waals surface area (Å²) < 4.78 is 4.81. The highest BCUT2D eigenvalue weighted by Gasteiger charge is 2.39. The van der Waals surface area contributed by atoms with Gasteiger partial charge in [-0.25, -0.2) is 4.79 Å². The number of H-pyrrole nitrogens is 1. The van der Waals surface area contributed by atoms with Crippen molar-refractivity contribution in [1.29, 1.82) is 0 Å². The van der Waals surface area contributed by atoms with Crippen LogP contribution in [0.1, 0.15) is 90.4 Å². The number of hydrogen-bond donors (Lipinski definition) is 1. The molecule has 2 aliphatic rings. The Kier molecular flexibility index (Phi) is 6.26. The van der Waals surface area contributed by atoms with Crippen LogP contribution in [-0.4, -0.2) is 46.7 Å². The minimum absolute atomic E-state index is 0.0659. The third-order valence-electron chi connectivity index (χ3n) is 6.55. The predicted octanol–water partition coefficient (Wildman–Crippen LogP) is 3.95. The minimum atomic E-state index is -0.533. The van der Waals surface area contributed by atoms with Crippen LogP contribution < -0.4 is 0 Å². The molecule has 3 rings (SSSR count). The number of esters is 1. The van der Waals surface area contributed by atoms with Gasteiger partial charge in [0.05, 0.1) is 13.2 Å². The molecule has 2 fully saturated rings. The first-order valence-corrected chi connectivity index (χ1v) is 10.5. The molecule has 2 aliphatic carbocycles. The van der Waals surface area contributed by atoms with Gasteiger partial charge in [0.25, 0.3) is 0 Å². The molecule has 1 amide bonds. The van der Waals surface area contributed by atoms with Gasteiger partial charge in [-0.2, -0.15) is 0 Å². The van der Waals surface area contributed by atoms with Crippen LogP contribution in [0, 0.1) is 19.8 Å². The Labute approximate surface area is 167 Å². The molecule has 6 heteroatoms. The number of ether oxygens (including phenoxy) is 1. The normalized spacial score (nSPS) is 19.0. The summed E-state index contributed by atoms with van der Waals surface area (Å²) in [5.41, 5.74) is 2.07. The second-order valence-electron chi connectivity index (χ2n) is 8.32. The van der Waals surface area contributed by atoms with Crippen LogP contribution in [0.2, 0.25) is 0 Å². The second-order valence-corrected chi connectivity index (χ2v) is 8.32. The molecule has 154 valence electrons. The van der Waals surface area contributed by atoms with E-state index < -0.39 is 12.0 Å². The van der Waals surface area contributed by atoms with Crippen LogP contribution in [0.5, 0.6) is 0 Å². The molecule has 1 heterocycles. The molecule has 0 saturated heterocycles. The highest BCUT2D eigenvalue weighted by Crippen LogP contribution is 2.34. The lowest BCUT2D eigenvalue weighted by Crippen LogP contribution is -2.53. The lowest BCUT2D eigenvalue weighted by Gasteiger charge is -2.41. The maximum absolute atomic E-state index is 13.5. The summed E-state index contributed by atoms with van der Waals surface area (Å²) in [4.78, 5) is 43.6. The summed E-state index contributed by atoms with van der Waals surface area (Å²) in [6.07, 6.45) is 8.29. The van der Waals surface area contributed by atoms with Crippen molar-refractivity contribution in [2.24, 2.45) is 5.92 Å². The SMILES string of the molecule is COC(=O)c1[nH]c(C)c(C(=O)[C@@H](C)N(C(=O)C2CCC2)C2CCCCC2)c1C. The molecule has 1 atom stereocenters. The van der Waals surface area contributed by atoms with Crippen LogP contribution in [-0.2, 0) is 9.53 Å². The Morgan fingerprint density at radius 3 is 2.21 bits per heavy atom. The molecule has 0 unspecified atom stereocenters. The molecule has 1 aromatic rings. The first-order valence-electron chi connectivity index (χ1n) is 10.5. The van der Waals surface area contributed by atoms with Crippen LogP contribution in [0.25, 0.3) is 0 Å². The fourth-order valence-electron chi connectivity index (χ4n) is 4.67. The number of aryl methyl sites for hydroxylation is 1. The van der Waals surface area contributed by atoms with Crippen LogP contribution in [0.3, 0.4) is 0 Å². The monoisotopic (exact) mass is 388 g/mol. The van der Waals surface area contributed by atoms with E-state index in [0.29, 0.717) is 22.5 Å². The smallest absolute Gasteiger partial charge is 0.354 e. The fraction of sp³-hybridized carbons (Fsp3) is 0.682. The zero-order chi connectivity index (χ0) is 20.4. The number of carbonyl (C=O) groups is 3. The van der Waals surface area contributed by atoms with Crippen molar-refractivity contribution in [1.82, 2.24) is 9.88 Å². The van der Waals surface area contributed by atoms with Gasteiger partial charge in [-0.05, 0) is 52.0 Å². The van der Waals surface area contributed by atoms with Crippen molar-refractivity contribution in [3.05, 3.63) is 22.5 Å². The van der Waals surface area contributed by atoms with Crippen molar-refractivity contribution < 1.29 is 19.1 Å². The average molecular weight is 389 g/mol. The Morgan fingerprint density at radius 1 is 1.04 bits per heavy atom. The third kappa shape index (κ3) is 3.74. The molecule has 2 saturated carbocycles. The Hall–Kier alpha value is -2.11. The average Bonchev–Trinajstić information content (AvgIpc) is 2.94. The third-order valence-corrected chi connectivity index (χ3v) is 6.55. The maximum atomic E-state index is 13.5. The summed E-state index contributed by atoms with van der Waals surface area (Å²) in [5.74, 6) is -0.379. The van der Waals surface area contributed by atoms with Gasteiger partial charge in [-0.1, -0.05) is 25.7 Å². The van der Waals surface area contributed by atoms with Gasteiger partial charge in [-0.15, -0.1) is 0 Å². The summed E-state index contributed by atoms with van der Waals surface area (Å²) in [6.45, 7) is 5.39. The number of carbonyl (C=O) groups excluding carboxylic acids is 3. The lowest BCUT2D eigenvalue weighted by atomic mass is 9.82. The molecule has 1 aromatic heterocycles. The number of Topliss-reactive ketones (excluding diaryl/α,β-unsaturated/α-hetero) is 1. The molecule has 6 nitrogen and oxygen atoms in total. The molecule has 0 radical (unpaired) electrons. The van der Waals surface area contributed by atoms with E-state index in [0.717, 1.165) is 44.9 Å². The molecule has 1 N–H and O–H groups in total. The van der Waals surface area contributed by atoms with Gasteiger partial charge >= 0.3 is 5.97 Å². The van der Waals surface area contributed by atoms with E-state index in [1.165, 1.54) is 13.5 Å². The topological polar surface area (TPSA) is 79.5 Å². The van der Waals surface area contributed by atoms with Crippen molar-refractivity contribution >= 4 is 17.7 Å². The van der Waals surface area contributed by atoms with E-state index in [1.807, 2.05) is 11.8 Å². The number of hydrogen-bond acceptors (Lipinski definition) is 4. The van der Waals surface area contributed by atoms with E-state index in [-0.39, 0.29) is 23.7 Å². The fourth-order valence-corrected chi connectivity index (χ4v) is 4.67. The van der Waals surface area contributed by atoms with Gasteiger partial charge in [0.15, 0.2) is 5.78 Å². The predicted molar refractivity (Wildman–Crippen MR) is 106 cm³/mol. The van der Waals surface area contributed by atoms with Crippen molar-refractivity contribution in [2.75, 3.05) is 7.11 Å². The Balaban J connectivity index is 1.90. The van der Waals surface area contributed by atoms with Crippen molar-refractivity contribution in [3.63, 3.8) is 0 Å². The number of aromatic amines is 1. The van der Waals surface area contributed by atoms with Gasteiger partial charge in [0.1, 0.15) is 5.69 Å². The van der Waals surface area contributed by atoms with E-state index >= 15 is 0 Å². The Morgan fingerprint density at radius 2 is 1.68 bits per heavy atom. The van der Waals surface area contributed by atoms with Crippen LogP contribution in [0.15, 0.2) is 0 Å². The number of methoxy groups -OCH3 is 1. The first-order chi connectivity index (χ1) is 13.4. The largest absolute Gasteiger partial charge is 0.464 e. The molecule has 0 aromatic carbocycles.